The Bertz CT molecular complexity index is 592. The van der Waals surface area contributed by atoms with Crippen molar-refractivity contribution >= 4 is 52.2 Å². The van der Waals surface area contributed by atoms with Gasteiger partial charge in [-0.1, -0.05) is 23.8 Å². The first-order valence-electron chi connectivity index (χ1n) is 5.26. The molecule has 0 spiro atoms. The minimum atomic E-state index is -4.61. The number of fused-ring (bicyclic) bond motifs is 1. The second-order valence-electron chi connectivity index (χ2n) is 3.96. The fourth-order valence-electron chi connectivity index (χ4n) is 1.75. The van der Waals surface area contributed by atoms with Crippen molar-refractivity contribution in [3.05, 3.63) is 22.7 Å². The van der Waals surface area contributed by atoms with Crippen LogP contribution in [0.2, 0.25) is 5.02 Å². The first-order valence-corrected chi connectivity index (χ1v) is 7.03. The van der Waals surface area contributed by atoms with Crippen LogP contribution in [0.15, 0.2) is 17.0 Å². The Kier molecular flexibility index (Phi) is 4.17. The molecule has 20 heavy (non-hydrogen) atoms. The molecule has 0 saturated carbocycles. The monoisotopic (exact) mass is 341 g/mol. The molecule has 1 aromatic rings. The van der Waals surface area contributed by atoms with E-state index in [-0.39, 0.29) is 10.7 Å². The summed E-state index contributed by atoms with van der Waals surface area (Å²) in [5.74, 6) is -0.842. The molecule has 1 N–H and O–H groups in total. The minimum absolute atomic E-state index is 0.130. The van der Waals surface area contributed by atoms with Gasteiger partial charge in [0.2, 0.25) is 0 Å². The summed E-state index contributed by atoms with van der Waals surface area (Å²) in [6, 6.07) is 2.04. The van der Waals surface area contributed by atoms with Crippen LogP contribution in [-0.4, -0.2) is 28.4 Å². The van der Waals surface area contributed by atoms with Crippen LogP contribution in [0.3, 0.4) is 0 Å². The molecule has 0 bridgehead atoms. The molecule has 0 aliphatic carbocycles. The molecule has 1 aliphatic heterocycles. The number of carboxylic acid groups (broad SMARTS) is 1. The van der Waals surface area contributed by atoms with Gasteiger partial charge in [0.15, 0.2) is 0 Å². The van der Waals surface area contributed by atoms with Gasteiger partial charge >= 0.3 is 12.1 Å². The van der Waals surface area contributed by atoms with Crippen molar-refractivity contribution in [1.82, 2.24) is 0 Å². The number of carboxylic acids is 1. The van der Waals surface area contributed by atoms with Gasteiger partial charge in [-0.2, -0.15) is 13.2 Å². The summed E-state index contributed by atoms with van der Waals surface area (Å²) in [4.78, 5) is 12.8. The van der Waals surface area contributed by atoms with Crippen molar-refractivity contribution in [1.29, 1.82) is 0 Å². The Balaban J connectivity index is 2.55. The fraction of sp³-hybridized carbons (Fsp3) is 0.273. The van der Waals surface area contributed by atoms with Crippen LogP contribution in [0.5, 0.6) is 0 Å². The third-order valence-electron chi connectivity index (χ3n) is 2.59. The molecule has 1 heterocycles. The number of benzene rings is 1. The standard InChI is InChI=1S/C11H7ClF3NO2S2/c12-6-2-8-7(1-5(6)11(13,14)15)16(3-10(17)18)9(19)4-20-8/h1-2H,3-4H2,(H,17,18). The second-order valence-corrected chi connectivity index (χ2v) is 5.86. The first-order chi connectivity index (χ1) is 9.20. The summed E-state index contributed by atoms with van der Waals surface area (Å²) in [5.41, 5.74) is -0.871. The lowest BCUT2D eigenvalue weighted by atomic mass is 10.1. The Morgan fingerprint density at radius 2 is 2.15 bits per heavy atom. The quantitative estimate of drug-likeness (QED) is 0.831. The van der Waals surface area contributed by atoms with Crippen molar-refractivity contribution in [2.45, 2.75) is 11.1 Å². The highest BCUT2D eigenvalue weighted by atomic mass is 35.5. The normalized spacial score (nSPS) is 15.2. The predicted octanol–water partition coefficient (Wildman–Crippen LogP) is 3.68. The molecule has 1 aliphatic rings. The molecule has 0 unspecified atom stereocenters. The van der Waals surface area contributed by atoms with Gasteiger partial charge in [0, 0.05) is 10.6 Å². The van der Waals surface area contributed by atoms with E-state index in [2.05, 4.69) is 0 Å². The molecule has 108 valence electrons. The number of halogens is 4. The van der Waals surface area contributed by atoms with Gasteiger partial charge in [-0.15, -0.1) is 11.8 Å². The molecule has 1 aromatic carbocycles. The average Bonchev–Trinajstić information content (AvgIpc) is 2.30. The number of hydrogen-bond acceptors (Lipinski definition) is 3. The molecule has 9 heteroatoms. The molecule has 0 fully saturated rings. The Hall–Kier alpha value is -0.990. The van der Waals surface area contributed by atoms with E-state index < -0.39 is 29.3 Å². The Morgan fingerprint density at radius 1 is 1.50 bits per heavy atom. The third kappa shape index (κ3) is 3.02. The Morgan fingerprint density at radius 3 is 2.70 bits per heavy atom. The Labute approximate surface area is 126 Å². The van der Waals surface area contributed by atoms with E-state index in [1.165, 1.54) is 22.7 Å². The van der Waals surface area contributed by atoms with Gasteiger partial charge in [0.25, 0.3) is 0 Å². The largest absolute Gasteiger partial charge is 0.480 e. The average molecular weight is 342 g/mol. The van der Waals surface area contributed by atoms with Crippen LogP contribution in [0, 0.1) is 0 Å². The van der Waals surface area contributed by atoms with E-state index in [1.54, 1.807) is 0 Å². The molecular formula is C11H7ClF3NO2S2. The van der Waals surface area contributed by atoms with Crippen LogP contribution in [0.4, 0.5) is 18.9 Å². The molecular weight excluding hydrogens is 335 g/mol. The van der Waals surface area contributed by atoms with Crippen molar-refractivity contribution in [3.63, 3.8) is 0 Å². The first kappa shape index (κ1) is 15.4. The van der Waals surface area contributed by atoms with Crippen LogP contribution >= 0.6 is 35.6 Å². The van der Waals surface area contributed by atoms with Crippen molar-refractivity contribution in [2.24, 2.45) is 0 Å². The zero-order chi connectivity index (χ0) is 15.1. The maximum Gasteiger partial charge on any atom is 0.417 e. The number of nitrogens with zero attached hydrogens (tertiary/aromatic N) is 1. The number of thioether (sulfide) groups is 1. The zero-order valence-corrected chi connectivity index (χ0v) is 12.1. The topological polar surface area (TPSA) is 40.5 Å². The van der Waals surface area contributed by atoms with Gasteiger partial charge in [0.05, 0.1) is 21.3 Å². The number of anilines is 1. The highest BCUT2D eigenvalue weighted by Gasteiger charge is 2.36. The number of rotatable bonds is 2. The zero-order valence-electron chi connectivity index (χ0n) is 9.70. The minimum Gasteiger partial charge on any atom is -0.480 e. The highest BCUT2D eigenvalue weighted by Crippen LogP contribution is 2.43. The lowest BCUT2D eigenvalue weighted by Crippen LogP contribution is -2.38. The molecule has 0 saturated heterocycles. The summed E-state index contributed by atoms with van der Waals surface area (Å²) in [6.45, 7) is -0.481. The predicted molar refractivity (Wildman–Crippen MR) is 74.8 cm³/mol. The summed E-state index contributed by atoms with van der Waals surface area (Å²) in [6.07, 6.45) is -4.61. The molecule has 0 aromatic heterocycles. The van der Waals surface area contributed by atoms with Crippen LogP contribution in [-0.2, 0) is 11.0 Å². The second kappa shape index (κ2) is 5.42. The van der Waals surface area contributed by atoms with Crippen LogP contribution in [0.1, 0.15) is 5.56 Å². The van der Waals surface area contributed by atoms with E-state index in [9.17, 15) is 18.0 Å². The van der Waals surface area contributed by atoms with E-state index in [1.807, 2.05) is 0 Å². The number of aliphatic carboxylic acids is 1. The van der Waals surface area contributed by atoms with Gasteiger partial charge in [-0.25, -0.2) is 0 Å². The molecule has 0 amide bonds. The van der Waals surface area contributed by atoms with E-state index in [0.717, 1.165) is 6.07 Å². The fourth-order valence-corrected chi connectivity index (χ4v) is 3.38. The van der Waals surface area contributed by atoms with E-state index >= 15 is 0 Å². The number of hydrogen-bond donors (Lipinski definition) is 1. The number of alkyl halides is 3. The van der Waals surface area contributed by atoms with Crippen molar-refractivity contribution in [2.75, 3.05) is 17.2 Å². The van der Waals surface area contributed by atoms with Crippen molar-refractivity contribution < 1.29 is 23.1 Å². The van der Waals surface area contributed by atoms with Crippen LogP contribution in [0.25, 0.3) is 0 Å². The number of carbonyl (C=O) groups is 1. The maximum atomic E-state index is 12.8. The van der Waals surface area contributed by atoms with Gasteiger partial charge in [-0.3, -0.25) is 4.79 Å². The summed E-state index contributed by atoms with van der Waals surface area (Å²) in [7, 11) is 0. The number of thiocarbonyl (C=S) groups is 1. The van der Waals surface area contributed by atoms with Gasteiger partial charge < -0.3 is 10.0 Å². The lowest BCUT2D eigenvalue weighted by molar-refractivity contribution is -0.137. The molecule has 0 atom stereocenters. The smallest absolute Gasteiger partial charge is 0.417 e. The SMILES string of the molecule is O=C(O)CN1C(=S)CSc2cc(Cl)c(C(F)(F)F)cc21. The highest BCUT2D eigenvalue weighted by molar-refractivity contribution is 8.01. The lowest BCUT2D eigenvalue weighted by Gasteiger charge is -2.31. The van der Waals surface area contributed by atoms with Gasteiger partial charge in [0.1, 0.15) is 6.54 Å². The summed E-state index contributed by atoms with van der Waals surface area (Å²) < 4.78 is 38.5. The summed E-state index contributed by atoms with van der Waals surface area (Å²) >= 11 is 11.9. The van der Waals surface area contributed by atoms with E-state index in [0.29, 0.717) is 10.6 Å². The van der Waals surface area contributed by atoms with E-state index in [4.69, 9.17) is 28.9 Å². The van der Waals surface area contributed by atoms with Gasteiger partial charge in [-0.05, 0) is 12.1 Å². The maximum absolute atomic E-state index is 12.8. The molecule has 3 nitrogen and oxygen atoms in total. The molecule has 2 rings (SSSR count). The summed E-state index contributed by atoms with van der Waals surface area (Å²) in [5, 5.41) is 8.43. The third-order valence-corrected chi connectivity index (χ3v) is 4.51. The van der Waals surface area contributed by atoms with Crippen LogP contribution < -0.4 is 4.90 Å². The molecule has 0 radical (unpaired) electrons. The van der Waals surface area contributed by atoms with Crippen molar-refractivity contribution in [3.8, 4) is 0 Å².